The summed E-state index contributed by atoms with van der Waals surface area (Å²) < 4.78 is 1.98. The Morgan fingerprint density at radius 1 is 1.33 bits per heavy atom. The van der Waals surface area contributed by atoms with E-state index in [9.17, 15) is 0 Å². The van der Waals surface area contributed by atoms with E-state index in [2.05, 4.69) is 43.2 Å². The molecule has 0 amide bonds. The molecule has 2 rings (SSSR count). The molecule has 0 aliphatic carbocycles. The SMILES string of the molecule is CCC(C)Cc1nn(C)c2ccccc12. The van der Waals surface area contributed by atoms with Crippen LogP contribution in [0.25, 0.3) is 10.9 Å². The van der Waals surface area contributed by atoms with Crippen molar-refractivity contribution in [2.24, 2.45) is 13.0 Å². The van der Waals surface area contributed by atoms with Crippen LogP contribution in [0.2, 0.25) is 0 Å². The second-order valence-electron chi connectivity index (χ2n) is 4.30. The Kier molecular flexibility index (Phi) is 2.76. The average Bonchev–Trinajstić information content (AvgIpc) is 2.57. The molecule has 0 saturated heterocycles. The Morgan fingerprint density at radius 2 is 2.07 bits per heavy atom. The molecule has 1 unspecified atom stereocenters. The minimum Gasteiger partial charge on any atom is -0.268 e. The van der Waals surface area contributed by atoms with Gasteiger partial charge in [-0.1, -0.05) is 38.5 Å². The third-order valence-corrected chi connectivity index (χ3v) is 3.07. The minimum atomic E-state index is 0.711. The van der Waals surface area contributed by atoms with Crippen LogP contribution in [0.1, 0.15) is 26.0 Å². The predicted octanol–water partition coefficient (Wildman–Crippen LogP) is 3.16. The van der Waals surface area contributed by atoms with Crippen molar-refractivity contribution in [3.63, 3.8) is 0 Å². The zero-order chi connectivity index (χ0) is 10.8. The molecule has 1 aromatic carbocycles. The number of rotatable bonds is 3. The molecule has 0 fully saturated rings. The molecule has 0 saturated carbocycles. The highest BCUT2D eigenvalue weighted by Crippen LogP contribution is 2.20. The number of hydrogen-bond acceptors (Lipinski definition) is 1. The van der Waals surface area contributed by atoms with Gasteiger partial charge in [-0.15, -0.1) is 0 Å². The smallest absolute Gasteiger partial charge is 0.0705 e. The fraction of sp³-hybridized carbons (Fsp3) is 0.462. The first kappa shape index (κ1) is 10.2. The molecule has 0 radical (unpaired) electrons. The van der Waals surface area contributed by atoms with E-state index in [1.807, 2.05) is 11.7 Å². The van der Waals surface area contributed by atoms with Gasteiger partial charge in [0.1, 0.15) is 0 Å². The predicted molar refractivity (Wildman–Crippen MR) is 63.9 cm³/mol. The lowest BCUT2D eigenvalue weighted by molar-refractivity contribution is 0.549. The van der Waals surface area contributed by atoms with E-state index >= 15 is 0 Å². The summed E-state index contributed by atoms with van der Waals surface area (Å²) in [6.45, 7) is 4.51. The van der Waals surface area contributed by atoms with Crippen LogP contribution in [-0.4, -0.2) is 9.78 Å². The summed E-state index contributed by atoms with van der Waals surface area (Å²) in [6, 6.07) is 8.45. The molecular formula is C13H18N2. The van der Waals surface area contributed by atoms with Crippen molar-refractivity contribution in [3.05, 3.63) is 30.0 Å². The third-order valence-electron chi connectivity index (χ3n) is 3.07. The number of para-hydroxylation sites is 1. The van der Waals surface area contributed by atoms with Gasteiger partial charge in [0, 0.05) is 12.4 Å². The zero-order valence-electron chi connectivity index (χ0n) is 9.70. The lowest BCUT2D eigenvalue weighted by atomic mass is 10.0. The summed E-state index contributed by atoms with van der Waals surface area (Å²) in [5.74, 6) is 0.711. The van der Waals surface area contributed by atoms with Crippen molar-refractivity contribution in [2.45, 2.75) is 26.7 Å². The molecule has 15 heavy (non-hydrogen) atoms. The first-order valence-electron chi connectivity index (χ1n) is 5.63. The van der Waals surface area contributed by atoms with Gasteiger partial charge in [0.2, 0.25) is 0 Å². The van der Waals surface area contributed by atoms with Crippen molar-refractivity contribution in [3.8, 4) is 0 Å². The topological polar surface area (TPSA) is 17.8 Å². The number of benzene rings is 1. The Bertz CT molecular complexity index is 457. The van der Waals surface area contributed by atoms with E-state index in [4.69, 9.17) is 0 Å². The zero-order valence-corrected chi connectivity index (χ0v) is 9.70. The second-order valence-corrected chi connectivity index (χ2v) is 4.30. The molecule has 0 bridgehead atoms. The van der Waals surface area contributed by atoms with Crippen LogP contribution in [0.5, 0.6) is 0 Å². The molecule has 0 spiro atoms. The van der Waals surface area contributed by atoms with Gasteiger partial charge in [-0.05, 0) is 18.4 Å². The van der Waals surface area contributed by atoms with Gasteiger partial charge in [-0.25, -0.2) is 0 Å². The van der Waals surface area contributed by atoms with Gasteiger partial charge >= 0.3 is 0 Å². The molecular weight excluding hydrogens is 184 g/mol. The lowest BCUT2D eigenvalue weighted by Crippen LogP contribution is -1.99. The summed E-state index contributed by atoms with van der Waals surface area (Å²) >= 11 is 0. The van der Waals surface area contributed by atoms with Crippen LogP contribution in [0.15, 0.2) is 24.3 Å². The molecule has 1 heterocycles. The van der Waals surface area contributed by atoms with Crippen LogP contribution in [-0.2, 0) is 13.5 Å². The van der Waals surface area contributed by atoms with Gasteiger partial charge < -0.3 is 0 Å². The van der Waals surface area contributed by atoms with E-state index in [-0.39, 0.29) is 0 Å². The van der Waals surface area contributed by atoms with E-state index in [0.717, 1.165) is 6.42 Å². The van der Waals surface area contributed by atoms with Gasteiger partial charge in [-0.2, -0.15) is 5.10 Å². The molecule has 0 aliphatic heterocycles. The number of nitrogens with zero attached hydrogens (tertiary/aromatic N) is 2. The summed E-state index contributed by atoms with van der Waals surface area (Å²) in [7, 11) is 2.02. The van der Waals surface area contributed by atoms with Gasteiger partial charge in [0.15, 0.2) is 0 Å². The second kappa shape index (κ2) is 4.05. The van der Waals surface area contributed by atoms with Crippen molar-refractivity contribution in [1.82, 2.24) is 9.78 Å². The van der Waals surface area contributed by atoms with Crippen molar-refractivity contribution in [1.29, 1.82) is 0 Å². The van der Waals surface area contributed by atoms with Gasteiger partial charge in [0.05, 0.1) is 11.2 Å². The number of aromatic nitrogens is 2. The van der Waals surface area contributed by atoms with Crippen LogP contribution >= 0.6 is 0 Å². The van der Waals surface area contributed by atoms with Crippen LogP contribution < -0.4 is 0 Å². The molecule has 1 aromatic heterocycles. The van der Waals surface area contributed by atoms with Crippen molar-refractivity contribution >= 4 is 10.9 Å². The highest BCUT2D eigenvalue weighted by atomic mass is 15.3. The molecule has 0 N–H and O–H groups in total. The maximum Gasteiger partial charge on any atom is 0.0705 e. The van der Waals surface area contributed by atoms with Crippen molar-refractivity contribution in [2.75, 3.05) is 0 Å². The summed E-state index contributed by atoms with van der Waals surface area (Å²) in [6.07, 6.45) is 2.29. The Labute approximate surface area is 90.9 Å². The maximum atomic E-state index is 4.59. The summed E-state index contributed by atoms with van der Waals surface area (Å²) in [5, 5.41) is 5.90. The quantitative estimate of drug-likeness (QED) is 0.747. The van der Waals surface area contributed by atoms with E-state index in [1.54, 1.807) is 0 Å². The monoisotopic (exact) mass is 202 g/mol. The van der Waals surface area contributed by atoms with Crippen molar-refractivity contribution < 1.29 is 0 Å². The highest BCUT2D eigenvalue weighted by molar-refractivity contribution is 5.81. The summed E-state index contributed by atoms with van der Waals surface area (Å²) in [5.41, 5.74) is 2.47. The molecule has 1 atom stereocenters. The maximum absolute atomic E-state index is 4.59. The van der Waals surface area contributed by atoms with Crippen LogP contribution in [0.3, 0.4) is 0 Å². The Morgan fingerprint density at radius 3 is 2.80 bits per heavy atom. The molecule has 80 valence electrons. The largest absolute Gasteiger partial charge is 0.268 e. The Balaban J connectivity index is 2.43. The summed E-state index contributed by atoms with van der Waals surface area (Å²) in [4.78, 5) is 0. The van der Waals surface area contributed by atoms with E-state index in [0.29, 0.717) is 5.92 Å². The first-order valence-corrected chi connectivity index (χ1v) is 5.63. The minimum absolute atomic E-state index is 0.711. The van der Waals surface area contributed by atoms with Crippen LogP contribution in [0, 0.1) is 5.92 Å². The number of hydrogen-bond donors (Lipinski definition) is 0. The fourth-order valence-electron chi connectivity index (χ4n) is 1.91. The normalized spacial score (nSPS) is 13.3. The first-order chi connectivity index (χ1) is 7.22. The van der Waals surface area contributed by atoms with E-state index in [1.165, 1.54) is 23.0 Å². The highest BCUT2D eigenvalue weighted by Gasteiger charge is 2.10. The number of aryl methyl sites for hydroxylation is 1. The molecule has 2 heteroatoms. The standard InChI is InChI=1S/C13H18N2/c1-4-10(2)9-12-11-7-5-6-8-13(11)15(3)14-12/h5-8,10H,4,9H2,1-3H3. The third kappa shape index (κ3) is 1.89. The van der Waals surface area contributed by atoms with Gasteiger partial charge in [0.25, 0.3) is 0 Å². The number of fused-ring (bicyclic) bond motifs is 1. The fourth-order valence-corrected chi connectivity index (χ4v) is 1.91. The van der Waals surface area contributed by atoms with Gasteiger partial charge in [-0.3, -0.25) is 4.68 Å². The lowest BCUT2D eigenvalue weighted by Gasteiger charge is -2.04. The van der Waals surface area contributed by atoms with E-state index < -0.39 is 0 Å². The molecule has 2 nitrogen and oxygen atoms in total. The molecule has 0 aliphatic rings. The van der Waals surface area contributed by atoms with Crippen LogP contribution in [0.4, 0.5) is 0 Å². The Hall–Kier alpha value is -1.31. The average molecular weight is 202 g/mol. The molecule has 2 aromatic rings.